The summed E-state index contributed by atoms with van der Waals surface area (Å²) in [5, 5.41) is 2.99. The second-order valence-electron chi connectivity index (χ2n) is 8.05. The fourth-order valence-electron chi connectivity index (χ4n) is 4.34. The molecule has 0 aromatic heterocycles. The van der Waals surface area contributed by atoms with Gasteiger partial charge in [0, 0.05) is 30.0 Å². The summed E-state index contributed by atoms with van der Waals surface area (Å²) in [5.41, 5.74) is 4.95. The van der Waals surface area contributed by atoms with Crippen LogP contribution in [0.3, 0.4) is 0 Å². The van der Waals surface area contributed by atoms with Crippen molar-refractivity contribution in [2.75, 3.05) is 6.61 Å². The van der Waals surface area contributed by atoms with E-state index in [2.05, 4.69) is 43.4 Å². The Morgan fingerprint density at radius 2 is 1.62 bits per heavy atom. The van der Waals surface area contributed by atoms with Crippen molar-refractivity contribution < 1.29 is 14.3 Å². The zero-order valence-electron chi connectivity index (χ0n) is 17.0. The predicted molar refractivity (Wildman–Crippen MR) is 113 cm³/mol. The summed E-state index contributed by atoms with van der Waals surface area (Å²) >= 11 is 0. The Kier molecular flexibility index (Phi) is 5.52. The van der Waals surface area contributed by atoms with Crippen LogP contribution in [0.4, 0.5) is 0 Å². The first-order valence-electron chi connectivity index (χ1n) is 10.4. The number of benzene rings is 2. The number of ether oxygens (including phenoxy) is 1. The third kappa shape index (κ3) is 4.12. The van der Waals surface area contributed by atoms with E-state index in [-0.39, 0.29) is 23.5 Å². The molecule has 1 N–H and O–H groups in total. The van der Waals surface area contributed by atoms with E-state index in [0.717, 1.165) is 34.6 Å². The number of carbonyl (C=O) groups is 2. The number of Topliss-reactive ketones (excluding diaryl/α,β-unsaturated/α-hetero) is 1. The monoisotopic (exact) mass is 389 g/mol. The summed E-state index contributed by atoms with van der Waals surface area (Å²) in [4.78, 5) is 25.6. The lowest BCUT2D eigenvalue weighted by molar-refractivity contribution is -0.122. The molecule has 2 aliphatic rings. The maximum absolute atomic E-state index is 13.1. The Bertz CT molecular complexity index is 941. The molecule has 4 rings (SSSR count). The molecular weight excluding hydrogens is 362 g/mol. The maximum Gasteiger partial charge on any atom is 0.225 e. The number of amides is 1. The molecule has 2 unspecified atom stereocenters. The highest BCUT2D eigenvalue weighted by Crippen LogP contribution is 2.42. The van der Waals surface area contributed by atoms with Crippen molar-refractivity contribution in [3.63, 3.8) is 0 Å². The van der Waals surface area contributed by atoms with Gasteiger partial charge in [-0.25, -0.2) is 0 Å². The molecule has 0 saturated heterocycles. The fourth-order valence-corrected chi connectivity index (χ4v) is 4.34. The molecule has 150 valence electrons. The van der Waals surface area contributed by atoms with Gasteiger partial charge in [-0.1, -0.05) is 48.9 Å². The van der Waals surface area contributed by atoms with Crippen molar-refractivity contribution in [2.45, 2.75) is 51.4 Å². The molecule has 4 heteroatoms. The number of aryl methyl sites for hydroxylation is 1. The average molecular weight is 389 g/mol. The minimum Gasteiger partial charge on any atom is -0.494 e. The summed E-state index contributed by atoms with van der Waals surface area (Å²) in [6.07, 6.45) is 2.46. The van der Waals surface area contributed by atoms with Crippen molar-refractivity contribution >= 4 is 11.7 Å². The van der Waals surface area contributed by atoms with E-state index >= 15 is 0 Å². The smallest absolute Gasteiger partial charge is 0.225 e. The molecule has 29 heavy (non-hydrogen) atoms. The van der Waals surface area contributed by atoms with Crippen molar-refractivity contribution in [2.24, 2.45) is 0 Å². The molecule has 0 radical (unpaired) electrons. The van der Waals surface area contributed by atoms with Gasteiger partial charge in [0.2, 0.25) is 5.91 Å². The van der Waals surface area contributed by atoms with Crippen LogP contribution in [0.15, 0.2) is 59.8 Å². The quantitative estimate of drug-likeness (QED) is 0.800. The molecule has 2 atom stereocenters. The normalized spacial score (nSPS) is 21.6. The van der Waals surface area contributed by atoms with E-state index in [9.17, 15) is 9.59 Å². The van der Waals surface area contributed by atoms with Gasteiger partial charge in [-0.05, 0) is 48.9 Å². The van der Waals surface area contributed by atoms with Crippen molar-refractivity contribution in [3.05, 3.63) is 76.5 Å². The Labute approximate surface area is 172 Å². The van der Waals surface area contributed by atoms with Crippen LogP contribution in [0.1, 0.15) is 61.1 Å². The molecule has 4 nitrogen and oxygen atoms in total. The second-order valence-corrected chi connectivity index (χ2v) is 8.05. The SMILES string of the molecule is CCCOc1ccc(C2CC(=O)NC3=C2C(=O)CC(c2ccc(C)cc2)C3)cc1. The summed E-state index contributed by atoms with van der Waals surface area (Å²) in [6.45, 7) is 4.81. The van der Waals surface area contributed by atoms with Crippen LogP contribution in [0.5, 0.6) is 5.75 Å². The van der Waals surface area contributed by atoms with E-state index in [0.29, 0.717) is 25.9 Å². The molecular formula is C25H27NO3. The average Bonchev–Trinajstić information content (AvgIpc) is 2.72. The van der Waals surface area contributed by atoms with Gasteiger partial charge in [-0.2, -0.15) is 0 Å². The highest BCUT2D eigenvalue weighted by Gasteiger charge is 2.38. The van der Waals surface area contributed by atoms with Gasteiger partial charge in [0.05, 0.1) is 6.61 Å². The molecule has 1 aliphatic heterocycles. The number of ketones is 1. The summed E-state index contributed by atoms with van der Waals surface area (Å²) in [6, 6.07) is 16.2. The van der Waals surface area contributed by atoms with Crippen LogP contribution in [0.2, 0.25) is 0 Å². The van der Waals surface area contributed by atoms with Gasteiger partial charge >= 0.3 is 0 Å². The van der Waals surface area contributed by atoms with Crippen molar-refractivity contribution in [3.8, 4) is 5.75 Å². The lowest BCUT2D eigenvalue weighted by Crippen LogP contribution is -2.38. The Balaban J connectivity index is 1.62. The lowest BCUT2D eigenvalue weighted by Gasteiger charge is -2.34. The first-order chi connectivity index (χ1) is 14.0. The molecule has 1 amide bonds. The lowest BCUT2D eigenvalue weighted by atomic mass is 9.73. The van der Waals surface area contributed by atoms with Crippen LogP contribution in [-0.2, 0) is 9.59 Å². The topological polar surface area (TPSA) is 55.4 Å². The highest BCUT2D eigenvalue weighted by atomic mass is 16.5. The Hall–Kier alpha value is -2.88. The summed E-state index contributed by atoms with van der Waals surface area (Å²) in [5.74, 6) is 0.890. The minimum absolute atomic E-state index is 0.0163. The second kappa shape index (κ2) is 8.24. The third-order valence-corrected chi connectivity index (χ3v) is 5.84. The minimum atomic E-state index is -0.176. The van der Waals surface area contributed by atoms with Gasteiger partial charge < -0.3 is 10.1 Å². The number of allylic oxidation sites excluding steroid dienone is 2. The van der Waals surface area contributed by atoms with Crippen LogP contribution in [0, 0.1) is 6.92 Å². The standard InChI is InChI=1S/C25H27NO3/c1-3-12-29-20-10-8-18(9-11-20)21-15-24(28)26-22-13-19(14-23(27)25(21)22)17-6-4-16(2)5-7-17/h4-11,19,21H,3,12-15H2,1-2H3,(H,26,28). The molecule has 1 heterocycles. The van der Waals surface area contributed by atoms with Gasteiger partial charge in [0.25, 0.3) is 0 Å². The number of hydrogen-bond acceptors (Lipinski definition) is 3. The Morgan fingerprint density at radius 1 is 0.931 bits per heavy atom. The van der Waals surface area contributed by atoms with E-state index in [4.69, 9.17) is 4.74 Å². The number of carbonyl (C=O) groups excluding carboxylic acids is 2. The molecule has 2 aromatic carbocycles. The zero-order valence-corrected chi connectivity index (χ0v) is 17.0. The number of nitrogens with one attached hydrogen (secondary N) is 1. The van der Waals surface area contributed by atoms with Gasteiger partial charge in [-0.15, -0.1) is 0 Å². The summed E-state index contributed by atoms with van der Waals surface area (Å²) < 4.78 is 5.66. The van der Waals surface area contributed by atoms with Crippen LogP contribution < -0.4 is 10.1 Å². The summed E-state index contributed by atoms with van der Waals surface area (Å²) in [7, 11) is 0. The van der Waals surface area contributed by atoms with E-state index in [1.807, 2.05) is 24.3 Å². The molecule has 0 fully saturated rings. The van der Waals surface area contributed by atoms with Gasteiger partial charge in [0.1, 0.15) is 5.75 Å². The third-order valence-electron chi connectivity index (χ3n) is 5.84. The van der Waals surface area contributed by atoms with E-state index in [1.165, 1.54) is 5.56 Å². The van der Waals surface area contributed by atoms with Crippen molar-refractivity contribution in [1.82, 2.24) is 5.32 Å². The van der Waals surface area contributed by atoms with Crippen LogP contribution >= 0.6 is 0 Å². The molecule has 1 aliphatic carbocycles. The first kappa shape index (κ1) is 19.4. The molecule has 0 saturated carbocycles. The van der Waals surface area contributed by atoms with Crippen molar-refractivity contribution in [1.29, 1.82) is 0 Å². The fraction of sp³-hybridized carbons (Fsp3) is 0.360. The molecule has 0 bridgehead atoms. The first-order valence-corrected chi connectivity index (χ1v) is 10.4. The zero-order chi connectivity index (χ0) is 20.4. The van der Waals surface area contributed by atoms with Gasteiger partial charge in [-0.3, -0.25) is 9.59 Å². The largest absolute Gasteiger partial charge is 0.494 e. The molecule has 2 aromatic rings. The van der Waals surface area contributed by atoms with Gasteiger partial charge in [0.15, 0.2) is 5.78 Å². The predicted octanol–water partition coefficient (Wildman–Crippen LogP) is 4.79. The molecule has 0 spiro atoms. The van der Waals surface area contributed by atoms with E-state index < -0.39 is 0 Å². The Morgan fingerprint density at radius 3 is 2.31 bits per heavy atom. The highest BCUT2D eigenvalue weighted by molar-refractivity contribution is 6.02. The maximum atomic E-state index is 13.1. The number of rotatable bonds is 5. The number of hydrogen-bond donors (Lipinski definition) is 1. The van der Waals surface area contributed by atoms with Crippen LogP contribution in [0.25, 0.3) is 0 Å². The van der Waals surface area contributed by atoms with Crippen LogP contribution in [-0.4, -0.2) is 18.3 Å². The van der Waals surface area contributed by atoms with E-state index in [1.54, 1.807) is 0 Å².